The first-order chi connectivity index (χ1) is 10.2. The standard InChI is InChI=1S/C17H20ClN3/c1-3-15-20-16(18)11(2)17(21-15)19-14-9-8-12-6-4-5-7-13(12)10-14/h4-7,14H,3,8-10H2,1-2H3,(H,19,20,21). The van der Waals surface area contributed by atoms with Gasteiger partial charge in [0, 0.05) is 18.0 Å². The summed E-state index contributed by atoms with van der Waals surface area (Å²) in [7, 11) is 0. The molecule has 0 aliphatic heterocycles. The molecule has 1 N–H and O–H groups in total. The van der Waals surface area contributed by atoms with Crippen LogP contribution in [0.2, 0.25) is 5.15 Å². The molecule has 2 aromatic rings. The quantitative estimate of drug-likeness (QED) is 0.872. The van der Waals surface area contributed by atoms with Gasteiger partial charge in [0.25, 0.3) is 0 Å². The molecular formula is C17H20ClN3. The predicted octanol–water partition coefficient (Wildman–Crippen LogP) is 3.97. The zero-order valence-corrected chi connectivity index (χ0v) is 13.2. The van der Waals surface area contributed by atoms with Gasteiger partial charge in [-0.2, -0.15) is 0 Å². The third kappa shape index (κ3) is 3.03. The Kier molecular flexibility index (Phi) is 4.11. The van der Waals surface area contributed by atoms with E-state index in [9.17, 15) is 0 Å². The number of rotatable bonds is 3. The first kappa shape index (κ1) is 14.3. The number of nitrogens with one attached hydrogen (secondary N) is 1. The Morgan fingerprint density at radius 1 is 1.24 bits per heavy atom. The fourth-order valence-electron chi connectivity index (χ4n) is 2.85. The van der Waals surface area contributed by atoms with Gasteiger partial charge in [0.2, 0.25) is 0 Å². The van der Waals surface area contributed by atoms with Crippen molar-refractivity contribution in [2.45, 2.75) is 45.6 Å². The molecule has 4 heteroatoms. The molecular weight excluding hydrogens is 282 g/mol. The second-order valence-corrected chi connectivity index (χ2v) is 5.97. The highest BCUT2D eigenvalue weighted by molar-refractivity contribution is 6.30. The summed E-state index contributed by atoms with van der Waals surface area (Å²) in [4.78, 5) is 8.89. The highest BCUT2D eigenvalue weighted by Crippen LogP contribution is 2.26. The number of nitrogens with zero attached hydrogens (tertiary/aromatic N) is 2. The van der Waals surface area contributed by atoms with E-state index in [1.165, 1.54) is 11.1 Å². The molecule has 0 saturated heterocycles. The summed E-state index contributed by atoms with van der Waals surface area (Å²) in [5.74, 6) is 1.68. The fraction of sp³-hybridized carbons (Fsp3) is 0.412. The third-order valence-corrected chi connectivity index (χ3v) is 4.50. The molecule has 1 aliphatic carbocycles. The van der Waals surface area contributed by atoms with E-state index in [0.717, 1.165) is 42.9 Å². The second-order valence-electron chi connectivity index (χ2n) is 5.61. The normalized spacial score (nSPS) is 17.4. The van der Waals surface area contributed by atoms with E-state index in [2.05, 4.69) is 39.6 Å². The van der Waals surface area contributed by atoms with Crippen LogP contribution in [0.25, 0.3) is 0 Å². The van der Waals surface area contributed by atoms with Crippen molar-refractivity contribution < 1.29 is 0 Å². The van der Waals surface area contributed by atoms with Gasteiger partial charge in [0.05, 0.1) is 0 Å². The smallest absolute Gasteiger partial charge is 0.137 e. The Morgan fingerprint density at radius 3 is 2.76 bits per heavy atom. The van der Waals surface area contributed by atoms with Crippen molar-refractivity contribution in [3.8, 4) is 0 Å². The molecule has 1 heterocycles. The molecule has 1 aromatic heterocycles. The van der Waals surface area contributed by atoms with Crippen LogP contribution in [-0.2, 0) is 19.3 Å². The number of fused-ring (bicyclic) bond motifs is 1. The topological polar surface area (TPSA) is 37.8 Å². The average Bonchev–Trinajstić information content (AvgIpc) is 2.51. The van der Waals surface area contributed by atoms with Gasteiger partial charge in [-0.3, -0.25) is 0 Å². The van der Waals surface area contributed by atoms with Crippen LogP contribution in [0.1, 0.15) is 35.9 Å². The molecule has 0 fully saturated rings. The van der Waals surface area contributed by atoms with Crippen molar-refractivity contribution in [3.63, 3.8) is 0 Å². The molecule has 3 nitrogen and oxygen atoms in total. The number of benzene rings is 1. The molecule has 21 heavy (non-hydrogen) atoms. The lowest BCUT2D eigenvalue weighted by Gasteiger charge is -2.26. The Balaban J connectivity index is 1.81. The van der Waals surface area contributed by atoms with E-state index in [-0.39, 0.29) is 0 Å². The lowest BCUT2D eigenvalue weighted by molar-refractivity contribution is 0.607. The SMILES string of the molecule is CCc1nc(Cl)c(C)c(NC2CCc3ccccc3C2)n1. The first-order valence-electron chi connectivity index (χ1n) is 7.53. The molecule has 0 amide bonds. The van der Waals surface area contributed by atoms with Crippen molar-refractivity contribution >= 4 is 17.4 Å². The lowest BCUT2D eigenvalue weighted by Crippen LogP contribution is -2.28. The molecule has 1 aromatic carbocycles. The minimum atomic E-state index is 0.411. The van der Waals surface area contributed by atoms with Gasteiger partial charge in [0.1, 0.15) is 16.8 Å². The predicted molar refractivity (Wildman–Crippen MR) is 87.0 cm³/mol. The highest BCUT2D eigenvalue weighted by Gasteiger charge is 2.20. The van der Waals surface area contributed by atoms with Crippen LogP contribution >= 0.6 is 11.6 Å². The van der Waals surface area contributed by atoms with Gasteiger partial charge in [-0.15, -0.1) is 0 Å². The fourth-order valence-corrected chi connectivity index (χ4v) is 3.03. The average molecular weight is 302 g/mol. The van der Waals surface area contributed by atoms with E-state index in [0.29, 0.717) is 11.2 Å². The summed E-state index contributed by atoms with van der Waals surface area (Å²) in [5, 5.41) is 4.13. The summed E-state index contributed by atoms with van der Waals surface area (Å²) in [6, 6.07) is 9.10. The van der Waals surface area contributed by atoms with Crippen LogP contribution in [0.15, 0.2) is 24.3 Å². The molecule has 3 rings (SSSR count). The van der Waals surface area contributed by atoms with E-state index >= 15 is 0 Å². The van der Waals surface area contributed by atoms with Crippen molar-refractivity contribution in [1.29, 1.82) is 0 Å². The second kappa shape index (κ2) is 6.02. The van der Waals surface area contributed by atoms with Crippen LogP contribution in [0, 0.1) is 6.92 Å². The van der Waals surface area contributed by atoms with Crippen molar-refractivity contribution in [2.75, 3.05) is 5.32 Å². The van der Waals surface area contributed by atoms with Gasteiger partial charge in [0.15, 0.2) is 0 Å². The molecule has 0 bridgehead atoms. The molecule has 110 valence electrons. The van der Waals surface area contributed by atoms with Crippen molar-refractivity contribution in [1.82, 2.24) is 9.97 Å². The zero-order valence-electron chi connectivity index (χ0n) is 12.5. The summed E-state index contributed by atoms with van der Waals surface area (Å²) < 4.78 is 0. The zero-order chi connectivity index (χ0) is 14.8. The Labute approximate surface area is 130 Å². The van der Waals surface area contributed by atoms with Crippen molar-refractivity contribution in [3.05, 3.63) is 51.9 Å². The summed E-state index contributed by atoms with van der Waals surface area (Å²) in [6.07, 6.45) is 4.08. The number of aromatic nitrogens is 2. The molecule has 0 radical (unpaired) electrons. The van der Waals surface area contributed by atoms with Crippen LogP contribution in [0.4, 0.5) is 5.82 Å². The largest absolute Gasteiger partial charge is 0.367 e. The Bertz CT molecular complexity index is 654. The molecule has 0 spiro atoms. The Morgan fingerprint density at radius 2 is 2.00 bits per heavy atom. The maximum absolute atomic E-state index is 6.21. The number of aryl methyl sites for hydroxylation is 2. The highest BCUT2D eigenvalue weighted by atomic mass is 35.5. The number of hydrogen-bond donors (Lipinski definition) is 1. The summed E-state index contributed by atoms with van der Waals surface area (Å²) in [6.45, 7) is 4.02. The Hall–Kier alpha value is -1.61. The van der Waals surface area contributed by atoms with E-state index < -0.39 is 0 Å². The molecule has 1 unspecified atom stereocenters. The van der Waals surface area contributed by atoms with Crippen LogP contribution in [0.5, 0.6) is 0 Å². The monoisotopic (exact) mass is 301 g/mol. The van der Waals surface area contributed by atoms with Gasteiger partial charge in [-0.1, -0.05) is 42.8 Å². The summed E-state index contributed by atoms with van der Waals surface area (Å²) in [5.41, 5.74) is 3.85. The molecule has 1 aliphatic rings. The number of halogens is 1. The minimum absolute atomic E-state index is 0.411. The third-order valence-electron chi connectivity index (χ3n) is 4.14. The van der Waals surface area contributed by atoms with Gasteiger partial charge < -0.3 is 5.32 Å². The first-order valence-corrected chi connectivity index (χ1v) is 7.91. The number of anilines is 1. The molecule has 0 saturated carbocycles. The van der Waals surface area contributed by atoms with E-state index in [1.807, 2.05) is 13.8 Å². The van der Waals surface area contributed by atoms with E-state index in [1.54, 1.807) is 0 Å². The maximum atomic E-state index is 6.21. The molecule has 1 atom stereocenters. The number of hydrogen-bond acceptors (Lipinski definition) is 3. The lowest BCUT2D eigenvalue weighted by atomic mass is 9.88. The summed E-state index contributed by atoms with van der Waals surface area (Å²) >= 11 is 6.21. The van der Waals surface area contributed by atoms with Crippen LogP contribution in [0.3, 0.4) is 0 Å². The van der Waals surface area contributed by atoms with Gasteiger partial charge in [-0.05, 0) is 37.3 Å². The van der Waals surface area contributed by atoms with Gasteiger partial charge in [-0.25, -0.2) is 9.97 Å². The van der Waals surface area contributed by atoms with Crippen LogP contribution < -0.4 is 5.32 Å². The van der Waals surface area contributed by atoms with Crippen molar-refractivity contribution in [2.24, 2.45) is 0 Å². The maximum Gasteiger partial charge on any atom is 0.137 e. The van der Waals surface area contributed by atoms with E-state index in [4.69, 9.17) is 11.6 Å². The minimum Gasteiger partial charge on any atom is -0.367 e. The van der Waals surface area contributed by atoms with Gasteiger partial charge >= 0.3 is 0 Å². The van der Waals surface area contributed by atoms with Crippen LogP contribution in [-0.4, -0.2) is 16.0 Å².